The first-order valence-electron chi connectivity index (χ1n) is 8.46. The molecule has 1 aliphatic carbocycles. The number of carbonyl (C=O) groups is 1. The molecule has 1 heterocycles. The summed E-state index contributed by atoms with van der Waals surface area (Å²) in [6, 6.07) is 0.953. The van der Waals surface area contributed by atoms with Crippen LogP contribution in [0.15, 0.2) is 4.99 Å². The van der Waals surface area contributed by atoms with Crippen molar-refractivity contribution in [2.24, 2.45) is 10.9 Å². The zero-order valence-electron chi connectivity index (χ0n) is 14.1. The zero-order chi connectivity index (χ0) is 15.2. The van der Waals surface area contributed by atoms with Crippen molar-refractivity contribution in [2.75, 3.05) is 19.6 Å². The Balaban J connectivity index is 0.00000242. The molecule has 0 aromatic carbocycles. The van der Waals surface area contributed by atoms with Crippen molar-refractivity contribution < 1.29 is 4.79 Å². The summed E-state index contributed by atoms with van der Waals surface area (Å²) in [5.41, 5.74) is 0. The van der Waals surface area contributed by atoms with E-state index in [1.54, 1.807) is 0 Å². The third kappa shape index (κ3) is 5.93. The van der Waals surface area contributed by atoms with Crippen LogP contribution in [-0.4, -0.2) is 48.5 Å². The number of piperidine rings is 1. The van der Waals surface area contributed by atoms with E-state index in [2.05, 4.69) is 36.4 Å². The molecular formula is C16H31IN4O. The second kappa shape index (κ2) is 9.57. The summed E-state index contributed by atoms with van der Waals surface area (Å²) in [6.07, 6.45) is 5.26. The summed E-state index contributed by atoms with van der Waals surface area (Å²) >= 11 is 0. The number of amides is 1. The lowest BCUT2D eigenvalue weighted by Crippen LogP contribution is -2.42. The lowest BCUT2D eigenvalue weighted by Gasteiger charge is -2.33. The molecule has 0 aromatic rings. The lowest BCUT2D eigenvalue weighted by molar-refractivity contribution is -0.134. The molecule has 2 rings (SSSR count). The van der Waals surface area contributed by atoms with Gasteiger partial charge in [-0.3, -0.25) is 9.79 Å². The Morgan fingerprint density at radius 1 is 1.32 bits per heavy atom. The minimum absolute atomic E-state index is 0. The monoisotopic (exact) mass is 422 g/mol. The van der Waals surface area contributed by atoms with E-state index in [9.17, 15) is 4.79 Å². The number of guanidine groups is 1. The number of likely N-dealkylation sites (tertiary alicyclic amines) is 1. The van der Waals surface area contributed by atoms with Gasteiger partial charge in [0.1, 0.15) is 0 Å². The van der Waals surface area contributed by atoms with Gasteiger partial charge in [0.25, 0.3) is 0 Å². The summed E-state index contributed by atoms with van der Waals surface area (Å²) < 4.78 is 0. The Morgan fingerprint density at radius 3 is 2.64 bits per heavy atom. The van der Waals surface area contributed by atoms with Crippen molar-refractivity contribution in [2.45, 2.75) is 65.0 Å². The van der Waals surface area contributed by atoms with Gasteiger partial charge in [-0.25, -0.2) is 0 Å². The molecule has 3 atom stereocenters. The van der Waals surface area contributed by atoms with E-state index in [1.165, 1.54) is 12.8 Å². The third-order valence-electron chi connectivity index (χ3n) is 4.49. The molecule has 0 bridgehead atoms. The van der Waals surface area contributed by atoms with Gasteiger partial charge in [-0.1, -0.05) is 6.92 Å². The van der Waals surface area contributed by atoms with E-state index >= 15 is 0 Å². The number of hydrogen-bond acceptors (Lipinski definition) is 2. The van der Waals surface area contributed by atoms with Crippen LogP contribution < -0.4 is 10.6 Å². The summed E-state index contributed by atoms with van der Waals surface area (Å²) in [5.74, 6) is 1.85. The van der Waals surface area contributed by atoms with Gasteiger partial charge >= 0.3 is 0 Å². The topological polar surface area (TPSA) is 56.7 Å². The van der Waals surface area contributed by atoms with E-state index in [1.807, 2.05) is 4.90 Å². The molecule has 1 saturated heterocycles. The first-order valence-corrected chi connectivity index (χ1v) is 8.46. The molecule has 6 heteroatoms. The van der Waals surface area contributed by atoms with Gasteiger partial charge in [-0.15, -0.1) is 24.0 Å². The molecular weight excluding hydrogens is 391 g/mol. The molecule has 0 aromatic heterocycles. The fraction of sp³-hybridized carbons (Fsp3) is 0.875. The van der Waals surface area contributed by atoms with Gasteiger partial charge in [-0.05, 0) is 45.4 Å². The van der Waals surface area contributed by atoms with Crippen molar-refractivity contribution in [3.8, 4) is 0 Å². The largest absolute Gasteiger partial charge is 0.357 e. The van der Waals surface area contributed by atoms with Crippen LogP contribution >= 0.6 is 24.0 Å². The minimum Gasteiger partial charge on any atom is -0.357 e. The van der Waals surface area contributed by atoms with E-state index in [0.29, 0.717) is 25.0 Å². The predicted octanol–water partition coefficient (Wildman–Crippen LogP) is 2.36. The maximum Gasteiger partial charge on any atom is 0.224 e. The summed E-state index contributed by atoms with van der Waals surface area (Å²) in [4.78, 5) is 18.8. The van der Waals surface area contributed by atoms with Gasteiger partial charge in [0.15, 0.2) is 5.96 Å². The molecule has 128 valence electrons. The van der Waals surface area contributed by atoms with Crippen LogP contribution in [0.4, 0.5) is 0 Å². The van der Waals surface area contributed by atoms with Crippen molar-refractivity contribution in [3.05, 3.63) is 0 Å². The third-order valence-corrected chi connectivity index (χ3v) is 4.49. The lowest BCUT2D eigenvalue weighted by atomic mass is 10.0. The number of nitrogens with one attached hydrogen (secondary N) is 2. The average molecular weight is 422 g/mol. The minimum atomic E-state index is 0. The average Bonchev–Trinajstić information content (AvgIpc) is 3.14. The molecule has 0 spiro atoms. The highest BCUT2D eigenvalue weighted by Gasteiger charge is 2.33. The Kier molecular flexibility index (Phi) is 8.49. The van der Waals surface area contributed by atoms with E-state index < -0.39 is 0 Å². The van der Waals surface area contributed by atoms with Crippen molar-refractivity contribution in [1.82, 2.24) is 15.5 Å². The van der Waals surface area contributed by atoms with Crippen LogP contribution in [0.1, 0.15) is 52.9 Å². The molecule has 22 heavy (non-hydrogen) atoms. The molecule has 1 aliphatic heterocycles. The Labute approximate surface area is 151 Å². The number of aliphatic imine (C=N–C) groups is 1. The molecule has 2 aliphatic rings. The molecule has 0 radical (unpaired) electrons. The van der Waals surface area contributed by atoms with Gasteiger partial charge in [0.2, 0.25) is 5.91 Å². The summed E-state index contributed by atoms with van der Waals surface area (Å²) in [5, 5.41) is 6.67. The second-order valence-electron chi connectivity index (χ2n) is 6.41. The second-order valence-corrected chi connectivity index (χ2v) is 6.41. The highest BCUT2D eigenvalue weighted by molar-refractivity contribution is 14.0. The van der Waals surface area contributed by atoms with Gasteiger partial charge in [0, 0.05) is 31.6 Å². The predicted molar refractivity (Wildman–Crippen MR) is 102 cm³/mol. The molecule has 2 fully saturated rings. The van der Waals surface area contributed by atoms with E-state index in [-0.39, 0.29) is 29.9 Å². The Bertz CT molecular complexity index is 388. The number of halogens is 1. The van der Waals surface area contributed by atoms with Crippen LogP contribution in [0.25, 0.3) is 0 Å². The Hall–Kier alpha value is -0.530. The maximum absolute atomic E-state index is 12.3. The smallest absolute Gasteiger partial charge is 0.224 e. The summed E-state index contributed by atoms with van der Waals surface area (Å²) in [7, 11) is 0. The van der Waals surface area contributed by atoms with Crippen LogP contribution in [0.5, 0.6) is 0 Å². The molecule has 2 N–H and O–H groups in total. The number of nitrogens with zero attached hydrogens (tertiary/aromatic N) is 2. The van der Waals surface area contributed by atoms with Crippen LogP contribution in [0, 0.1) is 5.92 Å². The molecule has 3 unspecified atom stereocenters. The van der Waals surface area contributed by atoms with Gasteiger partial charge in [0.05, 0.1) is 6.54 Å². The van der Waals surface area contributed by atoms with E-state index in [0.717, 1.165) is 37.8 Å². The molecule has 1 saturated carbocycles. The molecule has 5 nitrogen and oxygen atoms in total. The van der Waals surface area contributed by atoms with Crippen LogP contribution in [0.3, 0.4) is 0 Å². The number of carbonyl (C=O) groups excluding carboxylic acids is 1. The highest BCUT2D eigenvalue weighted by atomic mass is 127. The number of rotatable bonds is 5. The SMILES string of the molecule is CCNC(=NCCC(=O)N1CCCCC1C)NC1CC1C.I. The van der Waals surface area contributed by atoms with Gasteiger partial charge < -0.3 is 15.5 Å². The Morgan fingerprint density at radius 2 is 2.05 bits per heavy atom. The first-order chi connectivity index (χ1) is 10.1. The standard InChI is InChI=1S/C16H30N4O.HI/c1-4-17-16(19-14-11-12(14)2)18-9-8-15(21)20-10-6-5-7-13(20)3;/h12-14H,4-11H2,1-3H3,(H2,17,18,19);1H. The first kappa shape index (κ1) is 19.5. The van der Waals surface area contributed by atoms with Crippen LogP contribution in [-0.2, 0) is 4.79 Å². The zero-order valence-corrected chi connectivity index (χ0v) is 16.4. The maximum atomic E-state index is 12.3. The van der Waals surface area contributed by atoms with Crippen molar-refractivity contribution >= 4 is 35.8 Å². The van der Waals surface area contributed by atoms with Crippen LogP contribution in [0.2, 0.25) is 0 Å². The van der Waals surface area contributed by atoms with Crippen molar-refractivity contribution in [3.63, 3.8) is 0 Å². The van der Waals surface area contributed by atoms with Gasteiger partial charge in [-0.2, -0.15) is 0 Å². The molecule has 1 amide bonds. The van der Waals surface area contributed by atoms with E-state index in [4.69, 9.17) is 0 Å². The highest BCUT2D eigenvalue weighted by Crippen LogP contribution is 2.28. The summed E-state index contributed by atoms with van der Waals surface area (Å²) in [6.45, 7) is 8.79. The number of hydrogen-bond donors (Lipinski definition) is 2. The fourth-order valence-electron chi connectivity index (χ4n) is 2.89. The van der Waals surface area contributed by atoms with Crippen molar-refractivity contribution in [1.29, 1.82) is 0 Å². The fourth-order valence-corrected chi connectivity index (χ4v) is 2.89. The quantitative estimate of drug-likeness (QED) is 0.406. The normalized spacial score (nSPS) is 27.9.